The number of hydrogen-bond donors (Lipinski definition) is 0. The molecule has 2 saturated heterocycles. The van der Waals surface area contributed by atoms with E-state index in [4.69, 9.17) is 14.0 Å². The van der Waals surface area contributed by atoms with Gasteiger partial charge in [0.05, 0.1) is 37.2 Å². The third-order valence-corrected chi connectivity index (χ3v) is 5.05. The number of likely N-dealkylation sites (tertiary alicyclic amines) is 1. The standard InChI is InChI=1S/C19H23N3O4/c1-14-8-17(26-21-14)18(23)22-7-3-5-19(13-22)9-16(12-25-19)24-11-15-4-2-6-20-10-15/h2,4,6,8,10,16H,3,5,7,9,11-13H2,1H3/t16-,19-/m0/s1. The van der Waals surface area contributed by atoms with Crippen LogP contribution in [0.2, 0.25) is 0 Å². The Hall–Kier alpha value is -2.25. The molecule has 26 heavy (non-hydrogen) atoms. The molecule has 2 aromatic rings. The molecule has 4 rings (SSSR count). The number of hydrogen-bond acceptors (Lipinski definition) is 6. The van der Waals surface area contributed by atoms with E-state index >= 15 is 0 Å². The second kappa shape index (κ2) is 7.17. The van der Waals surface area contributed by atoms with Crippen molar-refractivity contribution in [2.75, 3.05) is 19.7 Å². The van der Waals surface area contributed by atoms with E-state index in [2.05, 4.69) is 10.1 Å². The van der Waals surface area contributed by atoms with Gasteiger partial charge in [-0.1, -0.05) is 11.2 Å². The van der Waals surface area contributed by atoms with Crippen molar-refractivity contribution < 1.29 is 18.8 Å². The molecule has 2 aliphatic heterocycles. The van der Waals surface area contributed by atoms with Gasteiger partial charge in [0.2, 0.25) is 5.76 Å². The van der Waals surface area contributed by atoms with Crippen LogP contribution in [0.3, 0.4) is 0 Å². The van der Waals surface area contributed by atoms with Crippen LogP contribution < -0.4 is 0 Å². The molecule has 2 aliphatic rings. The lowest BCUT2D eigenvalue weighted by Crippen LogP contribution is -2.50. The molecule has 7 heteroatoms. The summed E-state index contributed by atoms with van der Waals surface area (Å²) in [6, 6.07) is 5.58. The molecule has 0 unspecified atom stereocenters. The van der Waals surface area contributed by atoms with E-state index in [1.807, 2.05) is 30.2 Å². The lowest BCUT2D eigenvalue weighted by molar-refractivity contribution is -0.0472. The van der Waals surface area contributed by atoms with Crippen LogP contribution in [-0.4, -0.2) is 52.3 Å². The summed E-state index contributed by atoms with van der Waals surface area (Å²) in [5.74, 6) is 0.176. The van der Waals surface area contributed by atoms with Crippen LogP contribution >= 0.6 is 0 Å². The van der Waals surface area contributed by atoms with E-state index in [9.17, 15) is 4.79 Å². The fourth-order valence-corrected chi connectivity index (χ4v) is 3.78. The predicted molar refractivity (Wildman–Crippen MR) is 92.5 cm³/mol. The van der Waals surface area contributed by atoms with Crippen LogP contribution in [-0.2, 0) is 16.1 Å². The number of carbonyl (C=O) groups excluding carboxylic acids is 1. The van der Waals surface area contributed by atoms with Gasteiger partial charge < -0.3 is 18.9 Å². The summed E-state index contributed by atoms with van der Waals surface area (Å²) in [5.41, 5.74) is 1.44. The van der Waals surface area contributed by atoms with Gasteiger partial charge in [-0.2, -0.15) is 0 Å². The molecule has 1 amide bonds. The largest absolute Gasteiger partial charge is 0.371 e. The zero-order valence-corrected chi connectivity index (χ0v) is 14.9. The molecule has 2 atom stereocenters. The van der Waals surface area contributed by atoms with Crippen molar-refractivity contribution in [1.82, 2.24) is 15.0 Å². The Morgan fingerprint density at radius 1 is 1.50 bits per heavy atom. The van der Waals surface area contributed by atoms with Gasteiger partial charge in [0, 0.05) is 31.4 Å². The molecule has 0 saturated carbocycles. The van der Waals surface area contributed by atoms with Crippen LogP contribution in [0.15, 0.2) is 35.1 Å². The lowest BCUT2D eigenvalue weighted by atomic mass is 9.89. The third kappa shape index (κ3) is 3.64. The van der Waals surface area contributed by atoms with Gasteiger partial charge in [-0.05, 0) is 31.4 Å². The molecule has 7 nitrogen and oxygen atoms in total. The van der Waals surface area contributed by atoms with Crippen LogP contribution in [0.5, 0.6) is 0 Å². The van der Waals surface area contributed by atoms with E-state index in [0.717, 1.165) is 24.8 Å². The molecule has 0 N–H and O–H groups in total. The fourth-order valence-electron chi connectivity index (χ4n) is 3.78. The topological polar surface area (TPSA) is 77.7 Å². The van der Waals surface area contributed by atoms with Crippen molar-refractivity contribution in [2.45, 2.75) is 44.5 Å². The number of amides is 1. The molecular weight excluding hydrogens is 334 g/mol. The van der Waals surface area contributed by atoms with Crippen molar-refractivity contribution in [3.8, 4) is 0 Å². The fraction of sp³-hybridized carbons (Fsp3) is 0.526. The Morgan fingerprint density at radius 3 is 3.19 bits per heavy atom. The van der Waals surface area contributed by atoms with E-state index in [1.54, 1.807) is 12.3 Å². The minimum atomic E-state index is -0.317. The normalized spacial score (nSPS) is 25.7. The van der Waals surface area contributed by atoms with Crippen molar-refractivity contribution in [1.29, 1.82) is 0 Å². The Morgan fingerprint density at radius 2 is 2.42 bits per heavy atom. The molecule has 0 radical (unpaired) electrons. The number of pyridine rings is 1. The first-order valence-electron chi connectivity index (χ1n) is 9.01. The molecular formula is C19H23N3O4. The van der Waals surface area contributed by atoms with Crippen LogP contribution in [0, 0.1) is 6.92 Å². The molecule has 4 heterocycles. The first kappa shape index (κ1) is 17.2. The van der Waals surface area contributed by atoms with Crippen molar-refractivity contribution in [3.63, 3.8) is 0 Å². The van der Waals surface area contributed by atoms with Gasteiger partial charge in [0.1, 0.15) is 0 Å². The first-order valence-corrected chi connectivity index (χ1v) is 9.01. The molecule has 2 fully saturated rings. The highest BCUT2D eigenvalue weighted by Gasteiger charge is 2.45. The van der Waals surface area contributed by atoms with Crippen molar-refractivity contribution in [3.05, 3.63) is 47.6 Å². The first-order chi connectivity index (χ1) is 12.6. The summed E-state index contributed by atoms with van der Waals surface area (Å²) in [6.07, 6.45) is 6.25. The number of nitrogens with zero attached hydrogens (tertiary/aromatic N) is 3. The highest BCUT2D eigenvalue weighted by molar-refractivity contribution is 5.91. The summed E-state index contributed by atoms with van der Waals surface area (Å²) >= 11 is 0. The van der Waals surface area contributed by atoms with E-state index < -0.39 is 0 Å². The minimum absolute atomic E-state index is 0.0396. The average Bonchev–Trinajstić information content (AvgIpc) is 3.27. The molecule has 0 aromatic carbocycles. The van der Waals surface area contributed by atoms with E-state index in [1.165, 1.54) is 0 Å². The van der Waals surface area contributed by atoms with Crippen LogP contribution in [0.25, 0.3) is 0 Å². The molecule has 2 aromatic heterocycles. The van der Waals surface area contributed by atoms with Crippen LogP contribution in [0.4, 0.5) is 0 Å². The van der Waals surface area contributed by atoms with Gasteiger partial charge in [-0.25, -0.2) is 0 Å². The number of carbonyl (C=O) groups is 1. The number of aromatic nitrogens is 2. The van der Waals surface area contributed by atoms with E-state index in [-0.39, 0.29) is 17.6 Å². The Bertz CT molecular complexity index is 763. The average molecular weight is 357 g/mol. The maximum atomic E-state index is 12.6. The summed E-state index contributed by atoms with van der Waals surface area (Å²) in [6.45, 7) is 4.17. The summed E-state index contributed by atoms with van der Waals surface area (Å²) in [4.78, 5) is 18.6. The number of ether oxygens (including phenoxy) is 2. The predicted octanol–water partition coefficient (Wildman–Crippen LogP) is 2.36. The maximum Gasteiger partial charge on any atom is 0.292 e. The Balaban J connectivity index is 1.35. The van der Waals surface area contributed by atoms with Gasteiger partial charge in [-0.15, -0.1) is 0 Å². The SMILES string of the molecule is Cc1cc(C(=O)N2CCC[C@]3(C[C@H](OCc4cccnc4)CO3)C2)on1. The lowest BCUT2D eigenvalue weighted by Gasteiger charge is -2.39. The van der Waals surface area contributed by atoms with Crippen LogP contribution in [0.1, 0.15) is 41.1 Å². The summed E-state index contributed by atoms with van der Waals surface area (Å²) in [7, 11) is 0. The van der Waals surface area contributed by atoms with Gasteiger partial charge >= 0.3 is 0 Å². The smallest absolute Gasteiger partial charge is 0.292 e. The minimum Gasteiger partial charge on any atom is -0.371 e. The number of rotatable bonds is 4. The second-order valence-corrected chi connectivity index (χ2v) is 7.16. The summed E-state index contributed by atoms with van der Waals surface area (Å²) < 4.78 is 17.3. The van der Waals surface area contributed by atoms with E-state index in [0.29, 0.717) is 37.8 Å². The molecule has 138 valence electrons. The zero-order valence-electron chi connectivity index (χ0n) is 14.9. The number of piperidine rings is 1. The highest BCUT2D eigenvalue weighted by atomic mass is 16.6. The quantitative estimate of drug-likeness (QED) is 0.836. The van der Waals surface area contributed by atoms with Crippen molar-refractivity contribution >= 4 is 5.91 Å². The van der Waals surface area contributed by atoms with Crippen molar-refractivity contribution in [2.24, 2.45) is 0 Å². The van der Waals surface area contributed by atoms with Gasteiger partial charge in [-0.3, -0.25) is 9.78 Å². The molecule has 0 bridgehead atoms. The van der Waals surface area contributed by atoms with Gasteiger partial charge in [0.25, 0.3) is 5.91 Å². The Labute approximate surface area is 152 Å². The maximum absolute atomic E-state index is 12.6. The van der Waals surface area contributed by atoms with Gasteiger partial charge in [0.15, 0.2) is 0 Å². The molecule has 1 spiro atoms. The number of aryl methyl sites for hydroxylation is 1. The Kier molecular flexibility index (Phi) is 4.74. The second-order valence-electron chi connectivity index (χ2n) is 7.16. The highest BCUT2D eigenvalue weighted by Crippen LogP contribution is 2.36. The molecule has 0 aliphatic carbocycles. The monoisotopic (exact) mass is 357 g/mol. The third-order valence-electron chi connectivity index (χ3n) is 5.05. The zero-order chi connectivity index (χ0) is 18.0. The summed E-state index contributed by atoms with van der Waals surface area (Å²) in [5, 5.41) is 3.81.